The molecule has 0 atom stereocenters. The van der Waals surface area contributed by atoms with Crippen LogP contribution < -0.4 is 10.6 Å². The molecule has 1 aromatic carbocycles. The first-order valence-corrected chi connectivity index (χ1v) is 5.49. The van der Waals surface area contributed by atoms with Crippen LogP contribution in [0.5, 0.6) is 0 Å². The van der Waals surface area contributed by atoms with Crippen LogP contribution in [0.1, 0.15) is 5.56 Å². The predicted molar refractivity (Wildman–Crippen MR) is 66.8 cm³/mol. The van der Waals surface area contributed by atoms with Crippen molar-refractivity contribution in [2.75, 3.05) is 18.0 Å². The van der Waals surface area contributed by atoms with Gasteiger partial charge in [-0.1, -0.05) is 17.7 Å². The van der Waals surface area contributed by atoms with Crippen LogP contribution in [0.3, 0.4) is 0 Å². The Kier molecular flexibility index (Phi) is 4.94. The van der Waals surface area contributed by atoms with E-state index in [1.165, 1.54) is 11.0 Å². The van der Waals surface area contributed by atoms with Crippen molar-refractivity contribution in [3.05, 3.63) is 28.8 Å². The first-order valence-electron chi connectivity index (χ1n) is 5.11. The number of carboxylic acid groups (broad SMARTS) is 2. The molecule has 6 nitrogen and oxygen atoms in total. The van der Waals surface area contributed by atoms with Gasteiger partial charge in [0.25, 0.3) is 0 Å². The Morgan fingerprint density at radius 2 is 1.78 bits per heavy atom. The smallest absolute Gasteiger partial charge is 0.323 e. The molecular weight excluding hydrogens is 260 g/mol. The molecule has 0 aliphatic carbocycles. The first-order chi connectivity index (χ1) is 8.43. The molecule has 1 aromatic rings. The fourth-order valence-corrected chi connectivity index (χ4v) is 1.72. The Bertz CT molecular complexity index is 448. The van der Waals surface area contributed by atoms with Crippen molar-refractivity contribution in [3.63, 3.8) is 0 Å². The second-order valence-corrected chi connectivity index (χ2v) is 4.06. The highest BCUT2D eigenvalue weighted by atomic mass is 35.5. The molecule has 0 saturated carbocycles. The second-order valence-electron chi connectivity index (χ2n) is 3.62. The molecular formula is C11H13ClN2O4. The van der Waals surface area contributed by atoms with E-state index in [0.717, 1.165) is 0 Å². The van der Waals surface area contributed by atoms with E-state index in [9.17, 15) is 9.59 Å². The fraction of sp³-hybridized carbons (Fsp3) is 0.273. The molecule has 18 heavy (non-hydrogen) atoms. The molecule has 0 spiro atoms. The van der Waals surface area contributed by atoms with E-state index >= 15 is 0 Å². The average molecular weight is 273 g/mol. The van der Waals surface area contributed by atoms with Crippen molar-refractivity contribution >= 4 is 29.2 Å². The number of carboxylic acids is 2. The van der Waals surface area contributed by atoms with E-state index in [-0.39, 0.29) is 6.54 Å². The monoisotopic (exact) mass is 272 g/mol. The molecule has 1 rings (SSSR count). The van der Waals surface area contributed by atoms with Gasteiger partial charge in [0.2, 0.25) is 0 Å². The summed E-state index contributed by atoms with van der Waals surface area (Å²) < 4.78 is 0. The number of aliphatic carboxylic acids is 2. The molecule has 7 heteroatoms. The van der Waals surface area contributed by atoms with Gasteiger partial charge in [-0.15, -0.1) is 0 Å². The van der Waals surface area contributed by atoms with Gasteiger partial charge >= 0.3 is 11.9 Å². The first kappa shape index (κ1) is 14.3. The maximum absolute atomic E-state index is 10.8. The van der Waals surface area contributed by atoms with E-state index in [0.29, 0.717) is 16.3 Å². The van der Waals surface area contributed by atoms with Crippen molar-refractivity contribution in [2.45, 2.75) is 6.54 Å². The van der Waals surface area contributed by atoms with E-state index in [2.05, 4.69) is 0 Å². The molecule has 0 unspecified atom stereocenters. The number of hydrogen-bond acceptors (Lipinski definition) is 4. The fourth-order valence-electron chi connectivity index (χ4n) is 1.56. The molecule has 0 aromatic heterocycles. The van der Waals surface area contributed by atoms with Crippen molar-refractivity contribution in [1.82, 2.24) is 0 Å². The Hall–Kier alpha value is -1.79. The van der Waals surface area contributed by atoms with E-state index in [1.54, 1.807) is 12.1 Å². The van der Waals surface area contributed by atoms with Gasteiger partial charge in [-0.3, -0.25) is 9.59 Å². The van der Waals surface area contributed by atoms with Gasteiger partial charge in [0.15, 0.2) is 0 Å². The zero-order chi connectivity index (χ0) is 13.7. The normalized spacial score (nSPS) is 10.1. The van der Waals surface area contributed by atoms with Crippen LogP contribution in [-0.4, -0.2) is 35.2 Å². The van der Waals surface area contributed by atoms with Gasteiger partial charge in [0, 0.05) is 17.3 Å². The lowest BCUT2D eigenvalue weighted by Gasteiger charge is -2.23. The number of carbonyl (C=O) groups is 2. The summed E-state index contributed by atoms with van der Waals surface area (Å²) >= 11 is 5.83. The third-order valence-corrected chi connectivity index (χ3v) is 2.50. The zero-order valence-electron chi connectivity index (χ0n) is 9.47. The van der Waals surface area contributed by atoms with Gasteiger partial charge < -0.3 is 20.8 Å². The quantitative estimate of drug-likeness (QED) is 0.707. The van der Waals surface area contributed by atoms with E-state index in [1.807, 2.05) is 0 Å². The maximum Gasteiger partial charge on any atom is 0.323 e. The summed E-state index contributed by atoms with van der Waals surface area (Å²) in [4.78, 5) is 22.7. The molecule has 0 aliphatic rings. The number of halogens is 1. The maximum atomic E-state index is 10.8. The lowest BCUT2D eigenvalue weighted by Crippen LogP contribution is -2.35. The van der Waals surface area contributed by atoms with Gasteiger partial charge in [-0.2, -0.15) is 0 Å². The number of anilines is 1. The van der Waals surface area contributed by atoms with E-state index in [4.69, 9.17) is 27.5 Å². The Morgan fingerprint density at radius 3 is 2.22 bits per heavy atom. The molecule has 4 N–H and O–H groups in total. The summed E-state index contributed by atoms with van der Waals surface area (Å²) in [5.74, 6) is -2.25. The third-order valence-electron chi connectivity index (χ3n) is 2.26. The lowest BCUT2D eigenvalue weighted by atomic mass is 10.1. The van der Waals surface area contributed by atoms with Gasteiger partial charge in [0.05, 0.1) is 0 Å². The Balaban J connectivity index is 3.13. The third kappa shape index (κ3) is 3.90. The molecule has 0 aliphatic heterocycles. The zero-order valence-corrected chi connectivity index (χ0v) is 10.2. The number of rotatable bonds is 6. The molecule has 98 valence electrons. The lowest BCUT2D eigenvalue weighted by molar-refractivity contribution is -0.136. The van der Waals surface area contributed by atoms with Gasteiger partial charge in [0.1, 0.15) is 13.1 Å². The summed E-state index contributed by atoms with van der Waals surface area (Å²) in [6.07, 6.45) is 0. The summed E-state index contributed by atoms with van der Waals surface area (Å²) in [6, 6.07) is 4.77. The SMILES string of the molecule is NCc1ccc(Cl)cc1N(CC(=O)O)CC(=O)O. The minimum absolute atomic E-state index is 0.169. The van der Waals surface area contributed by atoms with Crippen LogP contribution in [0.2, 0.25) is 5.02 Å². The average Bonchev–Trinajstić information content (AvgIpc) is 2.26. The van der Waals surface area contributed by atoms with Crippen molar-refractivity contribution in [1.29, 1.82) is 0 Å². The predicted octanol–water partition coefficient (Wildman–Crippen LogP) is 0.774. The summed E-state index contributed by atoms with van der Waals surface area (Å²) in [5.41, 5.74) is 6.60. The van der Waals surface area contributed by atoms with Crippen molar-refractivity contribution in [3.8, 4) is 0 Å². The van der Waals surface area contributed by atoms with Crippen LogP contribution in [-0.2, 0) is 16.1 Å². The van der Waals surface area contributed by atoms with E-state index < -0.39 is 25.0 Å². The van der Waals surface area contributed by atoms with Crippen LogP contribution in [0.25, 0.3) is 0 Å². The molecule has 0 heterocycles. The highest BCUT2D eigenvalue weighted by molar-refractivity contribution is 6.30. The molecule has 0 saturated heterocycles. The minimum Gasteiger partial charge on any atom is -0.480 e. The van der Waals surface area contributed by atoms with Crippen molar-refractivity contribution in [2.24, 2.45) is 5.73 Å². The topological polar surface area (TPSA) is 104 Å². The number of nitrogens with zero attached hydrogens (tertiary/aromatic N) is 1. The van der Waals surface area contributed by atoms with Crippen LogP contribution >= 0.6 is 11.6 Å². The van der Waals surface area contributed by atoms with Crippen LogP contribution in [0.4, 0.5) is 5.69 Å². The Morgan fingerprint density at radius 1 is 1.22 bits per heavy atom. The second kappa shape index (κ2) is 6.23. The largest absolute Gasteiger partial charge is 0.480 e. The van der Waals surface area contributed by atoms with Gasteiger partial charge in [-0.05, 0) is 17.7 Å². The summed E-state index contributed by atoms with van der Waals surface area (Å²) in [5, 5.41) is 18.0. The number of hydrogen-bond donors (Lipinski definition) is 3. The molecule has 0 bridgehead atoms. The summed E-state index contributed by atoms with van der Waals surface area (Å²) in [7, 11) is 0. The number of nitrogens with two attached hydrogens (primary N) is 1. The van der Waals surface area contributed by atoms with Gasteiger partial charge in [-0.25, -0.2) is 0 Å². The highest BCUT2D eigenvalue weighted by Crippen LogP contribution is 2.24. The highest BCUT2D eigenvalue weighted by Gasteiger charge is 2.17. The molecule has 0 radical (unpaired) electrons. The van der Waals surface area contributed by atoms with Crippen molar-refractivity contribution < 1.29 is 19.8 Å². The standard InChI is InChI=1S/C11H13ClN2O4/c12-8-2-1-7(4-13)9(3-8)14(5-10(15)16)6-11(17)18/h1-3H,4-6,13H2,(H,15,16)(H,17,18). The van der Waals surface area contributed by atoms with Crippen LogP contribution in [0, 0.1) is 0 Å². The van der Waals surface area contributed by atoms with Crippen LogP contribution in [0.15, 0.2) is 18.2 Å². The minimum atomic E-state index is -1.13. The summed E-state index contributed by atoms with van der Waals surface area (Å²) in [6.45, 7) is -0.693. The molecule has 0 fully saturated rings. The number of benzene rings is 1. The molecule has 0 amide bonds. The Labute approximate surface area is 109 Å².